The zero-order valence-corrected chi connectivity index (χ0v) is 14.7. The third-order valence-electron chi connectivity index (χ3n) is 5.62. The van der Waals surface area contributed by atoms with Crippen molar-refractivity contribution in [3.8, 4) is 0 Å². The van der Waals surface area contributed by atoms with Crippen molar-refractivity contribution in [2.75, 3.05) is 18.0 Å². The van der Waals surface area contributed by atoms with E-state index in [-0.39, 0.29) is 5.91 Å². The first-order chi connectivity index (χ1) is 12.3. The lowest BCUT2D eigenvalue weighted by Crippen LogP contribution is -2.45. The van der Waals surface area contributed by atoms with E-state index < -0.39 is 0 Å². The van der Waals surface area contributed by atoms with Gasteiger partial charge in [-0.15, -0.1) is 5.10 Å². The number of nitrogens with zero attached hydrogens (tertiary/aromatic N) is 4. The highest BCUT2D eigenvalue weighted by atomic mass is 16.1. The monoisotopic (exact) mass is 341 g/mol. The second kappa shape index (κ2) is 7.42. The molecule has 4 rings (SSSR count). The number of nitrogens with one attached hydrogen (secondary N) is 1. The van der Waals surface area contributed by atoms with Gasteiger partial charge in [0.1, 0.15) is 5.82 Å². The van der Waals surface area contributed by atoms with Gasteiger partial charge in [0.2, 0.25) is 5.91 Å². The van der Waals surface area contributed by atoms with Gasteiger partial charge >= 0.3 is 0 Å². The summed E-state index contributed by atoms with van der Waals surface area (Å²) in [6.45, 7) is 1.86. The zero-order chi connectivity index (χ0) is 17.1. The summed E-state index contributed by atoms with van der Waals surface area (Å²) in [6.07, 6.45) is 12.7. The molecule has 0 radical (unpaired) electrons. The molecule has 1 amide bonds. The molecule has 1 aliphatic carbocycles. The molecule has 0 unspecified atom stereocenters. The highest BCUT2D eigenvalue weighted by molar-refractivity contribution is 5.76. The zero-order valence-electron chi connectivity index (χ0n) is 14.7. The average molecular weight is 341 g/mol. The van der Waals surface area contributed by atoms with Crippen molar-refractivity contribution in [1.29, 1.82) is 0 Å². The molecule has 1 saturated heterocycles. The molecule has 1 aliphatic heterocycles. The quantitative estimate of drug-likeness (QED) is 0.929. The number of carbonyl (C=O) groups is 1. The average Bonchev–Trinajstić information content (AvgIpc) is 3.11. The van der Waals surface area contributed by atoms with Crippen molar-refractivity contribution in [1.82, 2.24) is 19.9 Å². The lowest BCUT2D eigenvalue weighted by molar-refractivity contribution is -0.123. The summed E-state index contributed by atoms with van der Waals surface area (Å²) < 4.78 is 1.81. The Morgan fingerprint density at radius 2 is 1.92 bits per heavy atom. The Bertz CT molecular complexity index is 713. The normalized spacial score (nSPS) is 20.1. The fourth-order valence-electron chi connectivity index (χ4n) is 4.17. The molecular formula is C19H27N5O. The van der Waals surface area contributed by atoms with Crippen LogP contribution in [0.5, 0.6) is 0 Å². The Hall–Kier alpha value is -2.11. The van der Waals surface area contributed by atoms with Gasteiger partial charge in [-0.1, -0.05) is 19.3 Å². The van der Waals surface area contributed by atoms with Crippen molar-refractivity contribution < 1.29 is 4.79 Å². The number of fused-ring (bicyclic) bond motifs is 1. The van der Waals surface area contributed by atoms with Crippen LogP contribution in [-0.4, -0.2) is 39.6 Å². The van der Waals surface area contributed by atoms with E-state index in [0.29, 0.717) is 12.0 Å². The summed E-state index contributed by atoms with van der Waals surface area (Å²) in [5, 5.41) is 7.88. The number of rotatable bonds is 4. The highest BCUT2D eigenvalue weighted by Crippen LogP contribution is 2.26. The largest absolute Gasteiger partial charge is 0.355 e. The Kier molecular flexibility index (Phi) is 4.85. The fourth-order valence-corrected chi connectivity index (χ4v) is 4.17. The van der Waals surface area contributed by atoms with Gasteiger partial charge in [-0.05, 0) is 43.7 Å². The SMILES string of the molecule is O=C(CC1CCCCC1)NC1CCN(c2ccc3nccn3n2)CC1. The van der Waals surface area contributed by atoms with E-state index in [1.54, 1.807) is 6.20 Å². The third-order valence-corrected chi connectivity index (χ3v) is 5.62. The van der Waals surface area contributed by atoms with E-state index >= 15 is 0 Å². The van der Waals surface area contributed by atoms with E-state index in [4.69, 9.17) is 0 Å². The molecule has 1 N–H and O–H groups in total. The Morgan fingerprint density at radius 3 is 2.72 bits per heavy atom. The van der Waals surface area contributed by atoms with Gasteiger partial charge in [-0.2, -0.15) is 0 Å². The summed E-state index contributed by atoms with van der Waals surface area (Å²) in [5.41, 5.74) is 0.869. The summed E-state index contributed by atoms with van der Waals surface area (Å²) in [6, 6.07) is 4.34. The second-order valence-electron chi connectivity index (χ2n) is 7.46. The number of hydrogen-bond acceptors (Lipinski definition) is 4. The maximum Gasteiger partial charge on any atom is 0.220 e. The standard InChI is InChI=1S/C19H27N5O/c25-19(14-15-4-2-1-3-5-15)21-16-8-11-23(12-9-16)18-7-6-17-20-10-13-24(17)22-18/h6-7,10,13,15-16H,1-5,8-9,11-12,14H2,(H,21,25). The molecule has 2 aromatic heterocycles. The summed E-state index contributed by atoms with van der Waals surface area (Å²) in [7, 11) is 0. The van der Waals surface area contributed by atoms with Crippen LogP contribution in [-0.2, 0) is 4.79 Å². The summed E-state index contributed by atoms with van der Waals surface area (Å²) in [4.78, 5) is 18.8. The van der Waals surface area contributed by atoms with Crippen LogP contribution in [0.3, 0.4) is 0 Å². The van der Waals surface area contributed by atoms with Crippen LogP contribution in [0.4, 0.5) is 5.82 Å². The van der Waals surface area contributed by atoms with E-state index in [1.807, 2.05) is 22.8 Å². The molecule has 2 aromatic rings. The predicted octanol–water partition coefficient (Wildman–Crippen LogP) is 2.78. The van der Waals surface area contributed by atoms with Crippen LogP contribution in [0.15, 0.2) is 24.5 Å². The molecule has 2 aliphatic rings. The topological polar surface area (TPSA) is 62.5 Å². The Morgan fingerprint density at radius 1 is 1.12 bits per heavy atom. The first kappa shape index (κ1) is 16.4. The van der Waals surface area contributed by atoms with E-state index in [0.717, 1.165) is 43.8 Å². The van der Waals surface area contributed by atoms with Gasteiger partial charge in [0, 0.05) is 37.9 Å². The highest BCUT2D eigenvalue weighted by Gasteiger charge is 2.23. The van der Waals surface area contributed by atoms with Crippen molar-refractivity contribution in [2.24, 2.45) is 5.92 Å². The van der Waals surface area contributed by atoms with Crippen molar-refractivity contribution in [3.05, 3.63) is 24.5 Å². The van der Waals surface area contributed by atoms with Gasteiger partial charge in [0.25, 0.3) is 0 Å². The number of piperidine rings is 1. The van der Waals surface area contributed by atoms with Crippen LogP contribution in [0.25, 0.3) is 5.65 Å². The van der Waals surface area contributed by atoms with Crippen LogP contribution in [0.1, 0.15) is 51.4 Å². The third kappa shape index (κ3) is 3.94. The van der Waals surface area contributed by atoms with E-state index in [2.05, 4.69) is 20.3 Å². The Balaban J connectivity index is 1.26. The summed E-state index contributed by atoms with van der Waals surface area (Å²) in [5.74, 6) is 1.85. The number of amides is 1. The first-order valence-corrected chi connectivity index (χ1v) is 9.62. The van der Waals surface area contributed by atoms with Crippen molar-refractivity contribution in [2.45, 2.75) is 57.4 Å². The molecule has 3 heterocycles. The number of hydrogen-bond donors (Lipinski definition) is 1. The summed E-state index contributed by atoms with van der Waals surface area (Å²) >= 11 is 0. The van der Waals surface area contributed by atoms with Crippen LogP contribution < -0.4 is 10.2 Å². The minimum atomic E-state index is 0.253. The van der Waals surface area contributed by atoms with Crippen LogP contribution in [0, 0.1) is 5.92 Å². The number of carbonyl (C=O) groups excluding carboxylic acids is 1. The lowest BCUT2D eigenvalue weighted by Gasteiger charge is -2.33. The maximum absolute atomic E-state index is 12.3. The predicted molar refractivity (Wildman–Crippen MR) is 97.6 cm³/mol. The smallest absolute Gasteiger partial charge is 0.220 e. The molecular weight excluding hydrogens is 314 g/mol. The molecule has 0 aromatic carbocycles. The number of aromatic nitrogens is 3. The van der Waals surface area contributed by atoms with Crippen LogP contribution in [0.2, 0.25) is 0 Å². The number of imidazole rings is 1. The fraction of sp³-hybridized carbons (Fsp3) is 0.632. The molecule has 0 spiro atoms. The molecule has 134 valence electrons. The van der Waals surface area contributed by atoms with E-state index in [9.17, 15) is 4.79 Å². The lowest BCUT2D eigenvalue weighted by atomic mass is 9.86. The molecule has 0 bridgehead atoms. The second-order valence-corrected chi connectivity index (χ2v) is 7.46. The molecule has 25 heavy (non-hydrogen) atoms. The van der Waals surface area contributed by atoms with E-state index in [1.165, 1.54) is 32.1 Å². The maximum atomic E-state index is 12.3. The van der Waals surface area contributed by atoms with Crippen molar-refractivity contribution in [3.63, 3.8) is 0 Å². The first-order valence-electron chi connectivity index (χ1n) is 9.62. The minimum absolute atomic E-state index is 0.253. The van der Waals surface area contributed by atoms with Crippen molar-refractivity contribution >= 4 is 17.4 Å². The van der Waals surface area contributed by atoms with Crippen LogP contribution >= 0.6 is 0 Å². The Labute approximate surface area is 148 Å². The molecule has 6 heteroatoms. The number of anilines is 1. The van der Waals surface area contributed by atoms with Gasteiger partial charge in [0.15, 0.2) is 5.65 Å². The molecule has 1 saturated carbocycles. The van der Waals surface area contributed by atoms with Gasteiger partial charge in [-0.25, -0.2) is 9.50 Å². The van der Waals surface area contributed by atoms with Gasteiger partial charge in [0.05, 0.1) is 0 Å². The molecule has 2 fully saturated rings. The molecule has 6 nitrogen and oxygen atoms in total. The van der Waals surface area contributed by atoms with Gasteiger partial charge in [-0.3, -0.25) is 4.79 Å². The molecule has 0 atom stereocenters. The minimum Gasteiger partial charge on any atom is -0.355 e. The van der Waals surface area contributed by atoms with Gasteiger partial charge < -0.3 is 10.2 Å².